The zero-order valence-corrected chi connectivity index (χ0v) is 19.3. The lowest BCUT2D eigenvalue weighted by Crippen LogP contribution is -2.47. The lowest BCUT2D eigenvalue weighted by molar-refractivity contribution is -0.177. The van der Waals surface area contributed by atoms with Crippen LogP contribution in [0, 0.1) is 5.92 Å². The molecule has 0 aromatic carbocycles. The quantitative estimate of drug-likeness (QED) is 0.608. The van der Waals surface area contributed by atoms with Gasteiger partial charge in [0, 0.05) is 18.1 Å². The summed E-state index contributed by atoms with van der Waals surface area (Å²) in [6.07, 6.45) is 8.75. The van der Waals surface area contributed by atoms with E-state index in [1.165, 1.54) is 13.8 Å². The van der Waals surface area contributed by atoms with Crippen LogP contribution < -0.4 is 5.32 Å². The fraction of sp³-hybridized carbons (Fsp3) is 0.818. The zero-order chi connectivity index (χ0) is 22.1. The highest BCUT2D eigenvalue weighted by Crippen LogP contribution is 2.44. The first-order valence-corrected chi connectivity index (χ1v) is 13.1. The summed E-state index contributed by atoms with van der Waals surface area (Å²) in [5.74, 6) is -0.199. The van der Waals surface area contributed by atoms with E-state index in [0.29, 0.717) is 6.61 Å². The van der Waals surface area contributed by atoms with Crippen LogP contribution in [0.1, 0.15) is 77.3 Å². The molecule has 0 radical (unpaired) electrons. The first kappa shape index (κ1) is 22.7. The summed E-state index contributed by atoms with van der Waals surface area (Å²) in [6.45, 7) is 4.15. The van der Waals surface area contributed by atoms with E-state index >= 15 is 0 Å². The Balaban J connectivity index is 1.38. The average molecular weight is 455 g/mol. The fourth-order valence-corrected chi connectivity index (χ4v) is 6.04. The van der Waals surface area contributed by atoms with Gasteiger partial charge in [-0.1, -0.05) is 18.0 Å². The predicted octanol–water partition coefficient (Wildman–Crippen LogP) is 3.57. The van der Waals surface area contributed by atoms with Gasteiger partial charge in [0.15, 0.2) is 16.1 Å². The molecule has 1 atom stereocenters. The minimum absolute atomic E-state index is 0.0543. The maximum atomic E-state index is 12.8. The molecule has 8 nitrogen and oxygen atoms in total. The molecule has 3 aliphatic rings. The van der Waals surface area contributed by atoms with Gasteiger partial charge < -0.3 is 14.0 Å². The highest BCUT2D eigenvalue weighted by Gasteiger charge is 2.45. The Labute approximate surface area is 184 Å². The third-order valence-corrected chi connectivity index (χ3v) is 9.94. The van der Waals surface area contributed by atoms with Gasteiger partial charge in [0.05, 0.1) is 18.1 Å². The van der Waals surface area contributed by atoms with E-state index in [2.05, 4.69) is 10.5 Å². The van der Waals surface area contributed by atoms with Crippen molar-refractivity contribution in [2.75, 3.05) is 24.3 Å². The molecule has 3 fully saturated rings. The summed E-state index contributed by atoms with van der Waals surface area (Å²) >= 11 is 0. The standard InChI is InChI=1S/C22H34N2O6S/c1-21(2,31(26,27)14-16-7-5-8-16)20(25)23-18-13-17(24-30-18)22(10-6-11-22)15-29-19-9-3-4-12-28-19/h13,16,19H,3-12,14-15H2,1-2H3,(H,23,25). The van der Waals surface area contributed by atoms with Crippen LogP contribution in [0.15, 0.2) is 10.6 Å². The van der Waals surface area contributed by atoms with E-state index in [9.17, 15) is 13.2 Å². The number of nitrogens with zero attached hydrogens (tertiary/aromatic N) is 1. The van der Waals surface area contributed by atoms with Gasteiger partial charge >= 0.3 is 0 Å². The summed E-state index contributed by atoms with van der Waals surface area (Å²) in [5, 5.41) is 6.81. The number of aromatic nitrogens is 1. The minimum atomic E-state index is -3.58. The van der Waals surface area contributed by atoms with E-state index in [1.54, 1.807) is 6.07 Å². The van der Waals surface area contributed by atoms with Crippen LogP contribution in [0.3, 0.4) is 0 Å². The molecule has 1 unspecified atom stereocenters. The van der Waals surface area contributed by atoms with Crippen LogP contribution in [-0.2, 0) is 29.5 Å². The van der Waals surface area contributed by atoms with Crippen LogP contribution in [0.5, 0.6) is 0 Å². The SMILES string of the molecule is CC(C)(C(=O)Nc1cc(C2(COC3CCCCO3)CCC2)no1)S(=O)(=O)CC1CCC1. The molecule has 174 valence electrons. The van der Waals surface area contributed by atoms with Crippen molar-refractivity contribution < 1.29 is 27.2 Å². The van der Waals surface area contributed by atoms with Crippen LogP contribution in [0.4, 0.5) is 5.88 Å². The number of anilines is 1. The molecule has 2 heterocycles. The van der Waals surface area contributed by atoms with Crippen molar-refractivity contribution in [2.45, 2.75) is 88.1 Å². The molecule has 0 bridgehead atoms. The molecule has 1 saturated heterocycles. The second kappa shape index (κ2) is 8.83. The molecule has 1 aliphatic heterocycles. The molecule has 1 N–H and O–H groups in total. The number of amides is 1. The molecule has 9 heteroatoms. The summed E-state index contributed by atoms with van der Waals surface area (Å²) in [6, 6.07) is 1.71. The van der Waals surface area contributed by atoms with E-state index in [4.69, 9.17) is 14.0 Å². The first-order chi connectivity index (χ1) is 14.7. The van der Waals surface area contributed by atoms with Crippen molar-refractivity contribution in [2.24, 2.45) is 5.92 Å². The lowest BCUT2D eigenvalue weighted by atomic mass is 9.67. The summed E-state index contributed by atoms with van der Waals surface area (Å²) in [4.78, 5) is 12.8. The first-order valence-electron chi connectivity index (χ1n) is 11.5. The second-order valence-corrected chi connectivity index (χ2v) is 12.4. The Morgan fingerprint density at radius 2 is 2.00 bits per heavy atom. The van der Waals surface area contributed by atoms with Gasteiger partial charge in [-0.15, -0.1) is 0 Å². The molecule has 2 saturated carbocycles. The van der Waals surface area contributed by atoms with Crippen molar-refractivity contribution in [3.8, 4) is 0 Å². The number of carbonyl (C=O) groups excluding carboxylic acids is 1. The monoisotopic (exact) mass is 454 g/mol. The van der Waals surface area contributed by atoms with Crippen molar-refractivity contribution in [3.63, 3.8) is 0 Å². The van der Waals surface area contributed by atoms with Gasteiger partial charge in [-0.3, -0.25) is 10.1 Å². The normalized spacial score (nSPS) is 24.3. The van der Waals surface area contributed by atoms with Gasteiger partial charge in [0.1, 0.15) is 4.75 Å². The molecule has 0 spiro atoms. The smallest absolute Gasteiger partial charge is 0.247 e. The van der Waals surface area contributed by atoms with Crippen LogP contribution >= 0.6 is 0 Å². The van der Waals surface area contributed by atoms with Gasteiger partial charge in [-0.05, 0) is 64.7 Å². The van der Waals surface area contributed by atoms with Gasteiger partial charge in [-0.2, -0.15) is 0 Å². The largest absolute Gasteiger partial charge is 0.353 e. The number of nitrogens with one attached hydrogen (secondary N) is 1. The maximum absolute atomic E-state index is 12.8. The molecule has 1 aromatic heterocycles. The molecule has 1 amide bonds. The lowest BCUT2D eigenvalue weighted by Gasteiger charge is -2.40. The molecule has 4 rings (SSSR count). The second-order valence-electron chi connectivity index (χ2n) is 9.86. The molecule has 1 aromatic rings. The zero-order valence-electron chi connectivity index (χ0n) is 18.5. The number of ether oxygens (including phenoxy) is 2. The minimum Gasteiger partial charge on any atom is -0.353 e. The third kappa shape index (κ3) is 4.68. The number of sulfone groups is 1. The Kier molecular flexibility index (Phi) is 6.47. The number of carbonyl (C=O) groups is 1. The third-order valence-electron chi connectivity index (χ3n) is 7.29. The van der Waals surface area contributed by atoms with Crippen molar-refractivity contribution in [3.05, 3.63) is 11.8 Å². The van der Waals surface area contributed by atoms with Crippen molar-refractivity contribution in [1.82, 2.24) is 5.16 Å². The molecule has 2 aliphatic carbocycles. The van der Waals surface area contributed by atoms with E-state index in [0.717, 1.165) is 70.1 Å². The van der Waals surface area contributed by atoms with Gasteiger partial charge in [-0.25, -0.2) is 8.42 Å². The molecular weight excluding hydrogens is 420 g/mol. The van der Waals surface area contributed by atoms with Crippen LogP contribution in [-0.4, -0.2) is 49.5 Å². The highest BCUT2D eigenvalue weighted by molar-refractivity contribution is 7.93. The predicted molar refractivity (Wildman–Crippen MR) is 115 cm³/mol. The Bertz CT molecular complexity index is 880. The van der Waals surface area contributed by atoms with Gasteiger partial charge in [0.2, 0.25) is 11.8 Å². The van der Waals surface area contributed by atoms with E-state index in [-0.39, 0.29) is 29.3 Å². The van der Waals surface area contributed by atoms with Crippen LogP contribution in [0.25, 0.3) is 0 Å². The Hall–Kier alpha value is -1.45. The van der Waals surface area contributed by atoms with E-state index in [1.807, 2.05) is 0 Å². The number of rotatable bonds is 9. The summed E-state index contributed by atoms with van der Waals surface area (Å²) < 4.78 is 41.1. The maximum Gasteiger partial charge on any atom is 0.247 e. The number of hydrogen-bond acceptors (Lipinski definition) is 7. The summed E-state index contributed by atoms with van der Waals surface area (Å²) in [5.41, 5.74) is 0.499. The number of hydrogen-bond donors (Lipinski definition) is 1. The Morgan fingerprint density at radius 1 is 1.23 bits per heavy atom. The average Bonchev–Trinajstić information content (AvgIpc) is 3.13. The molecular formula is C22H34N2O6S. The van der Waals surface area contributed by atoms with Crippen molar-refractivity contribution in [1.29, 1.82) is 0 Å². The topological polar surface area (TPSA) is 108 Å². The van der Waals surface area contributed by atoms with Crippen LogP contribution in [0.2, 0.25) is 0 Å². The fourth-order valence-electron chi connectivity index (χ4n) is 4.34. The Morgan fingerprint density at radius 3 is 2.58 bits per heavy atom. The van der Waals surface area contributed by atoms with Gasteiger partial charge in [0.25, 0.3) is 0 Å². The highest BCUT2D eigenvalue weighted by atomic mass is 32.2. The van der Waals surface area contributed by atoms with Crippen molar-refractivity contribution >= 4 is 21.6 Å². The van der Waals surface area contributed by atoms with E-state index < -0.39 is 20.5 Å². The summed E-state index contributed by atoms with van der Waals surface area (Å²) in [7, 11) is -3.58. The molecule has 31 heavy (non-hydrogen) atoms.